The third-order valence-corrected chi connectivity index (χ3v) is 2.40. The molecule has 0 spiro atoms. The molecule has 0 atom stereocenters. The fourth-order valence-corrected chi connectivity index (χ4v) is 1.63. The zero-order chi connectivity index (χ0) is 12.2. The van der Waals surface area contributed by atoms with E-state index in [1.807, 2.05) is 6.92 Å². The largest absolute Gasteiger partial charge is 0.416 e. The van der Waals surface area contributed by atoms with Crippen LogP contribution in [0.2, 0.25) is 5.15 Å². The van der Waals surface area contributed by atoms with Crippen molar-refractivity contribution in [3.8, 4) is 0 Å². The molecule has 16 heavy (non-hydrogen) atoms. The molecule has 0 aliphatic carbocycles. The highest BCUT2D eigenvalue weighted by Gasteiger charge is 2.31. The van der Waals surface area contributed by atoms with Crippen molar-refractivity contribution in [3.05, 3.63) is 28.5 Å². The number of alkyl halides is 3. The lowest BCUT2D eigenvalue weighted by Crippen LogP contribution is -2.07. The third kappa shape index (κ3) is 4.00. The van der Waals surface area contributed by atoms with Gasteiger partial charge in [-0.3, -0.25) is 0 Å². The van der Waals surface area contributed by atoms with Gasteiger partial charge in [0.2, 0.25) is 0 Å². The van der Waals surface area contributed by atoms with Gasteiger partial charge < -0.3 is 0 Å². The fourth-order valence-electron chi connectivity index (χ4n) is 1.40. The highest BCUT2D eigenvalue weighted by Crippen LogP contribution is 2.31. The Labute approximate surface area is 97.6 Å². The summed E-state index contributed by atoms with van der Waals surface area (Å²) in [4.78, 5) is 3.88. The molecule has 1 nitrogen and oxygen atoms in total. The van der Waals surface area contributed by atoms with Crippen LogP contribution in [-0.2, 0) is 12.6 Å². The Morgan fingerprint density at radius 1 is 1.25 bits per heavy atom. The average Bonchev–Trinajstić information content (AvgIpc) is 2.16. The number of aromatic nitrogens is 1. The van der Waals surface area contributed by atoms with Gasteiger partial charge in [-0.25, -0.2) is 4.98 Å². The predicted octanol–water partition coefficient (Wildman–Crippen LogP) is 4.49. The quantitative estimate of drug-likeness (QED) is 0.568. The van der Waals surface area contributed by atoms with E-state index in [1.165, 1.54) is 0 Å². The summed E-state index contributed by atoms with van der Waals surface area (Å²) in [5.41, 5.74) is -0.313. The summed E-state index contributed by atoms with van der Waals surface area (Å²) in [5, 5.41) is -0.0960. The molecule has 1 heterocycles. The van der Waals surface area contributed by atoms with E-state index in [0.29, 0.717) is 12.1 Å². The maximum atomic E-state index is 12.4. The molecule has 0 radical (unpaired) electrons. The van der Waals surface area contributed by atoms with Crippen LogP contribution in [0.3, 0.4) is 0 Å². The molecule has 1 aromatic rings. The Balaban J connectivity index is 2.82. The lowest BCUT2D eigenvalue weighted by Gasteiger charge is -2.09. The van der Waals surface area contributed by atoms with Crippen LogP contribution in [0, 0.1) is 0 Å². The molecule has 0 saturated heterocycles. The second-order valence-electron chi connectivity index (χ2n) is 3.62. The molecule has 0 unspecified atom stereocenters. The van der Waals surface area contributed by atoms with Crippen LogP contribution in [0.4, 0.5) is 13.2 Å². The number of rotatable bonds is 4. The van der Waals surface area contributed by atoms with Crippen molar-refractivity contribution in [1.29, 1.82) is 0 Å². The Morgan fingerprint density at radius 2 is 1.94 bits per heavy atom. The fraction of sp³-hybridized carbons (Fsp3) is 0.545. The van der Waals surface area contributed by atoms with Gasteiger partial charge in [-0.1, -0.05) is 31.4 Å². The van der Waals surface area contributed by atoms with E-state index >= 15 is 0 Å². The summed E-state index contributed by atoms with van der Waals surface area (Å²) < 4.78 is 37.3. The van der Waals surface area contributed by atoms with Crippen molar-refractivity contribution in [2.75, 3.05) is 0 Å². The third-order valence-electron chi connectivity index (χ3n) is 2.21. The van der Waals surface area contributed by atoms with E-state index < -0.39 is 11.7 Å². The Hall–Kier alpha value is -0.770. The lowest BCUT2D eigenvalue weighted by molar-refractivity contribution is -0.137. The molecule has 90 valence electrons. The summed E-state index contributed by atoms with van der Waals surface area (Å²) in [6.45, 7) is 2.03. The van der Waals surface area contributed by atoms with Crippen molar-refractivity contribution in [1.82, 2.24) is 4.98 Å². The number of hydrogen-bond donors (Lipinski definition) is 0. The van der Waals surface area contributed by atoms with Gasteiger partial charge in [0.1, 0.15) is 5.15 Å². The first-order valence-electron chi connectivity index (χ1n) is 5.17. The summed E-state index contributed by atoms with van der Waals surface area (Å²) in [6.07, 6.45) is -0.979. The number of aryl methyl sites for hydroxylation is 1. The van der Waals surface area contributed by atoms with Crippen molar-refractivity contribution in [2.24, 2.45) is 0 Å². The molecule has 0 bridgehead atoms. The summed E-state index contributed by atoms with van der Waals surface area (Å²) in [7, 11) is 0. The van der Waals surface area contributed by atoms with E-state index in [4.69, 9.17) is 11.6 Å². The van der Waals surface area contributed by atoms with Crippen LogP contribution in [0.5, 0.6) is 0 Å². The first kappa shape index (κ1) is 13.3. The lowest BCUT2D eigenvalue weighted by atomic mass is 10.1. The number of halogens is 4. The van der Waals surface area contributed by atoms with Gasteiger partial charge in [0.15, 0.2) is 0 Å². The molecule has 0 amide bonds. The topological polar surface area (TPSA) is 12.9 Å². The van der Waals surface area contributed by atoms with Gasteiger partial charge in [-0.15, -0.1) is 0 Å². The van der Waals surface area contributed by atoms with Crippen molar-refractivity contribution in [2.45, 2.75) is 38.8 Å². The van der Waals surface area contributed by atoms with Gasteiger partial charge in [-0.05, 0) is 25.0 Å². The zero-order valence-corrected chi connectivity index (χ0v) is 9.70. The number of pyridine rings is 1. The molecule has 1 rings (SSSR count). The summed E-state index contributed by atoms with van der Waals surface area (Å²) in [6, 6.07) is 1.92. The summed E-state index contributed by atoms with van der Waals surface area (Å²) >= 11 is 5.56. The van der Waals surface area contributed by atoms with Crippen molar-refractivity contribution >= 4 is 11.6 Å². The van der Waals surface area contributed by atoms with Gasteiger partial charge in [0.25, 0.3) is 0 Å². The van der Waals surface area contributed by atoms with Gasteiger partial charge >= 0.3 is 6.18 Å². The molecule has 0 saturated carbocycles. The van der Waals surface area contributed by atoms with Crippen LogP contribution in [-0.4, -0.2) is 4.98 Å². The maximum absolute atomic E-state index is 12.4. The van der Waals surface area contributed by atoms with E-state index in [0.717, 1.165) is 31.4 Å². The molecule has 0 N–H and O–H groups in total. The first-order valence-corrected chi connectivity index (χ1v) is 5.55. The predicted molar refractivity (Wildman–Crippen MR) is 57.5 cm³/mol. The van der Waals surface area contributed by atoms with E-state index in [2.05, 4.69) is 4.98 Å². The van der Waals surface area contributed by atoms with Crippen LogP contribution < -0.4 is 0 Å². The Bertz CT molecular complexity index is 350. The number of unbranched alkanes of at least 4 members (excludes halogenated alkanes) is 2. The minimum Gasteiger partial charge on any atom is -0.241 e. The molecule has 1 aromatic heterocycles. The van der Waals surface area contributed by atoms with E-state index in [9.17, 15) is 13.2 Å². The Kier molecular flexibility index (Phi) is 4.59. The van der Waals surface area contributed by atoms with Crippen LogP contribution in [0.1, 0.15) is 37.4 Å². The average molecular weight is 252 g/mol. The minimum atomic E-state index is -4.36. The van der Waals surface area contributed by atoms with Crippen molar-refractivity contribution < 1.29 is 13.2 Å². The van der Waals surface area contributed by atoms with Gasteiger partial charge in [0, 0.05) is 5.69 Å². The zero-order valence-electron chi connectivity index (χ0n) is 8.94. The SMILES string of the molecule is CCCCCc1cc(C(F)(F)F)cc(Cl)n1. The second kappa shape index (κ2) is 5.53. The van der Waals surface area contributed by atoms with Crippen LogP contribution in [0.25, 0.3) is 0 Å². The standard InChI is InChI=1S/C11H13ClF3N/c1-2-3-4-5-9-6-8(11(13,14)15)7-10(12)16-9/h6-7H,2-5H2,1H3. The smallest absolute Gasteiger partial charge is 0.241 e. The molecule has 0 fully saturated rings. The van der Waals surface area contributed by atoms with Crippen LogP contribution in [0.15, 0.2) is 12.1 Å². The molecule has 0 aliphatic heterocycles. The molecule has 0 aliphatic rings. The van der Waals surface area contributed by atoms with E-state index in [1.54, 1.807) is 0 Å². The van der Waals surface area contributed by atoms with Gasteiger partial charge in [0.05, 0.1) is 5.56 Å². The van der Waals surface area contributed by atoms with Gasteiger partial charge in [-0.2, -0.15) is 13.2 Å². The van der Waals surface area contributed by atoms with E-state index in [-0.39, 0.29) is 5.15 Å². The monoisotopic (exact) mass is 251 g/mol. The van der Waals surface area contributed by atoms with Crippen molar-refractivity contribution in [3.63, 3.8) is 0 Å². The molecular formula is C11H13ClF3N. The van der Waals surface area contributed by atoms with Crippen LogP contribution >= 0.6 is 11.6 Å². The highest BCUT2D eigenvalue weighted by atomic mass is 35.5. The Morgan fingerprint density at radius 3 is 2.50 bits per heavy atom. The molecule has 5 heteroatoms. The number of nitrogens with zero attached hydrogens (tertiary/aromatic N) is 1. The molecule has 0 aromatic carbocycles. The first-order chi connectivity index (χ1) is 7.43. The number of hydrogen-bond acceptors (Lipinski definition) is 1. The normalized spacial score (nSPS) is 11.8. The maximum Gasteiger partial charge on any atom is 0.416 e. The molecular weight excluding hydrogens is 239 g/mol. The minimum absolute atomic E-state index is 0.0960. The highest BCUT2D eigenvalue weighted by molar-refractivity contribution is 6.29. The second-order valence-corrected chi connectivity index (χ2v) is 4.01. The summed E-state index contributed by atoms with van der Waals surface area (Å²) in [5.74, 6) is 0.